The molecule has 1 N–H and O–H groups in total. The molecule has 0 amide bonds. The molecule has 0 aliphatic carbocycles. The molecule has 0 unspecified atom stereocenters. The minimum atomic E-state index is 0.780. The van der Waals surface area contributed by atoms with Gasteiger partial charge in [-0.2, -0.15) is 0 Å². The van der Waals surface area contributed by atoms with Gasteiger partial charge in [-0.3, -0.25) is 0 Å². The van der Waals surface area contributed by atoms with E-state index in [0.29, 0.717) is 0 Å². The summed E-state index contributed by atoms with van der Waals surface area (Å²) in [4.78, 5) is 13.9. The van der Waals surface area contributed by atoms with E-state index in [1.165, 1.54) is 23.1 Å². The fourth-order valence-electron chi connectivity index (χ4n) is 3.15. The second kappa shape index (κ2) is 6.71. The van der Waals surface area contributed by atoms with Gasteiger partial charge in [-0.25, -0.2) is 9.97 Å². The third-order valence-electron chi connectivity index (χ3n) is 4.16. The van der Waals surface area contributed by atoms with Crippen molar-refractivity contribution >= 4 is 27.4 Å². The normalized spacial score (nSPS) is 16.5. The van der Waals surface area contributed by atoms with Crippen LogP contribution in [0.15, 0.2) is 12.4 Å². The van der Waals surface area contributed by atoms with Gasteiger partial charge in [-0.15, -0.1) is 11.3 Å². The van der Waals surface area contributed by atoms with Gasteiger partial charge in [0.1, 0.15) is 17.0 Å². The van der Waals surface area contributed by atoms with Crippen molar-refractivity contribution in [3.8, 4) is 0 Å². The monoisotopic (exact) mass is 304 g/mol. The highest BCUT2D eigenvalue weighted by atomic mass is 32.1. The Kier molecular flexibility index (Phi) is 4.70. The topological polar surface area (TPSA) is 41.0 Å². The Labute approximate surface area is 130 Å². The lowest BCUT2D eigenvalue weighted by Gasteiger charge is -2.31. The van der Waals surface area contributed by atoms with Crippen LogP contribution in [0.4, 0.5) is 5.82 Å². The van der Waals surface area contributed by atoms with Gasteiger partial charge in [-0.05, 0) is 51.3 Å². The predicted molar refractivity (Wildman–Crippen MR) is 90.2 cm³/mol. The van der Waals surface area contributed by atoms with Gasteiger partial charge in [0.2, 0.25) is 0 Å². The maximum Gasteiger partial charge on any atom is 0.140 e. The van der Waals surface area contributed by atoms with Crippen LogP contribution in [0.1, 0.15) is 31.1 Å². The summed E-state index contributed by atoms with van der Waals surface area (Å²) in [5, 5.41) is 4.67. The highest BCUT2D eigenvalue weighted by molar-refractivity contribution is 7.18. The van der Waals surface area contributed by atoms with Crippen LogP contribution in [0.25, 0.3) is 10.2 Å². The molecule has 0 atom stereocenters. The Hall–Kier alpha value is -1.20. The van der Waals surface area contributed by atoms with Crippen LogP contribution in [0.2, 0.25) is 0 Å². The SMILES string of the molecule is CCCN(CC1CCNCC1)c1ncnc2sc(C)cc12. The lowest BCUT2D eigenvalue weighted by Crippen LogP contribution is -2.37. The summed E-state index contributed by atoms with van der Waals surface area (Å²) in [5.41, 5.74) is 0. The molecule has 1 saturated heterocycles. The van der Waals surface area contributed by atoms with E-state index in [1.54, 1.807) is 17.7 Å². The molecule has 3 rings (SSSR count). The summed E-state index contributed by atoms with van der Waals surface area (Å²) in [6, 6.07) is 2.24. The van der Waals surface area contributed by atoms with Crippen LogP contribution in [0, 0.1) is 12.8 Å². The third kappa shape index (κ3) is 3.35. The summed E-state index contributed by atoms with van der Waals surface area (Å²) in [6.07, 6.45) is 5.42. The van der Waals surface area contributed by atoms with Crippen molar-refractivity contribution < 1.29 is 0 Å². The van der Waals surface area contributed by atoms with Crippen molar-refractivity contribution in [2.75, 3.05) is 31.1 Å². The summed E-state index contributed by atoms with van der Waals surface area (Å²) in [5.74, 6) is 1.91. The van der Waals surface area contributed by atoms with E-state index in [2.05, 4.69) is 40.1 Å². The number of hydrogen-bond donors (Lipinski definition) is 1. The van der Waals surface area contributed by atoms with E-state index in [0.717, 1.165) is 49.2 Å². The van der Waals surface area contributed by atoms with E-state index in [9.17, 15) is 0 Å². The minimum absolute atomic E-state index is 0.780. The first-order valence-corrected chi connectivity index (χ1v) is 8.76. The third-order valence-corrected chi connectivity index (χ3v) is 5.12. The van der Waals surface area contributed by atoms with Crippen molar-refractivity contribution in [3.63, 3.8) is 0 Å². The number of hydrogen-bond acceptors (Lipinski definition) is 5. The smallest absolute Gasteiger partial charge is 0.140 e. The van der Waals surface area contributed by atoms with Crippen LogP contribution < -0.4 is 10.2 Å². The van der Waals surface area contributed by atoms with E-state index in [1.807, 2.05) is 0 Å². The Morgan fingerprint density at radius 1 is 1.33 bits per heavy atom. The quantitative estimate of drug-likeness (QED) is 0.921. The first kappa shape index (κ1) is 14.7. The molecule has 5 heteroatoms. The number of thiophene rings is 1. The molecule has 1 fully saturated rings. The average Bonchev–Trinajstić information content (AvgIpc) is 2.88. The first-order valence-electron chi connectivity index (χ1n) is 7.94. The fraction of sp³-hybridized carbons (Fsp3) is 0.625. The van der Waals surface area contributed by atoms with E-state index >= 15 is 0 Å². The molecule has 2 aromatic rings. The molecular weight excluding hydrogens is 280 g/mol. The van der Waals surface area contributed by atoms with E-state index in [4.69, 9.17) is 0 Å². The van der Waals surface area contributed by atoms with E-state index in [-0.39, 0.29) is 0 Å². The number of piperidine rings is 1. The van der Waals surface area contributed by atoms with Crippen LogP contribution in [0.3, 0.4) is 0 Å². The van der Waals surface area contributed by atoms with Gasteiger partial charge in [0.25, 0.3) is 0 Å². The number of fused-ring (bicyclic) bond motifs is 1. The van der Waals surface area contributed by atoms with Crippen LogP contribution in [0.5, 0.6) is 0 Å². The fourth-order valence-corrected chi connectivity index (χ4v) is 3.99. The number of anilines is 1. The van der Waals surface area contributed by atoms with Gasteiger partial charge in [0.15, 0.2) is 0 Å². The molecule has 0 aromatic carbocycles. The number of aromatic nitrogens is 2. The Balaban J connectivity index is 1.87. The van der Waals surface area contributed by atoms with E-state index < -0.39 is 0 Å². The number of rotatable bonds is 5. The molecule has 114 valence electrons. The first-order chi connectivity index (χ1) is 10.3. The molecule has 0 bridgehead atoms. The van der Waals surface area contributed by atoms with Crippen LogP contribution in [-0.2, 0) is 0 Å². The van der Waals surface area contributed by atoms with Crippen LogP contribution >= 0.6 is 11.3 Å². The van der Waals surface area contributed by atoms with Gasteiger partial charge >= 0.3 is 0 Å². The molecule has 0 radical (unpaired) electrons. The zero-order chi connectivity index (χ0) is 14.7. The number of nitrogens with zero attached hydrogens (tertiary/aromatic N) is 3. The summed E-state index contributed by atoms with van der Waals surface area (Å²) < 4.78 is 0. The molecular formula is C16H24N4S. The maximum absolute atomic E-state index is 4.61. The van der Waals surface area contributed by atoms with Crippen molar-refractivity contribution in [3.05, 3.63) is 17.3 Å². The standard InChI is InChI=1S/C16H24N4S/c1-3-8-20(10-13-4-6-17-7-5-13)15-14-9-12(2)21-16(14)19-11-18-15/h9,11,13,17H,3-8,10H2,1-2H3. The Morgan fingerprint density at radius 2 is 2.14 bits per heavy atom. The molecule has 4 nitrogen and oxygen atoms in total. The van der Waals surface area contributed by atoms with Gasteiger partial charge in [0.05, 0.1) is 5.39 Å². The maximum atomic E-state index is 4.61. The zero-order valence-electron chi connectivity index (χ0n) is 12.9. The Morgan fingerprint density at radius 3 is 2.90 bits per heavy atom. The molecule has 0 saturated carbocycles. The molecule has 21 heavy (non-hydrogen) atoms. The highest BCUT2D eigenvalue weighted by Gasteiger charge is 2.20. The summed E-state index contributed by atoms with van der Waals surface area (Å²) >= 11 is 1.76. The van der Waals surface area contributed by atoms with Gasteiger partial charge in [-0.1, -0.05) is 6.92 Å². The minimum Gasteiger partial charge on any atom is -0.356 e. The number of aryl methyl sites for hydroxylation is 1. The molecule has 1 aliphatic rings. The molecule has 2 aromatic heterocycles. The second-order valence-electron chi connectivity index (χ2n) is 5.91. The van der Waals surface area contributed by atoms with Gasteiger partial charge in [0, 0.05) is 18.0 Å². The zero-order valence-corrected chi connectivity index (χ0v) is 13.7. The number of nitrogens with one attached hydrogen (secondary N) is 1. The second-order valence-corrected chi connectivity index (χ2v) is 7.15. The van der Waals surface area contributed by atoms with Crippen molar-refractivity contribution in [2.45, 2.75) is 33.1 Å². The van der Waals surface area contributed by atoms with Crippen molar-refractivity contribution in [1.29, 1.82) is 0 Å². The highest BCUT2D eigenvalue weighted by Crippen LogP contribution is 2.30. The van der Waals surface area contributed by atoms with Crippen molar-refractivity contribution in [1.82, 2.24) is 15.3 Å². The molecule has 3 heterocycles. The van der Waals surface area contributed by atoms with Crippen LogP contribution in [-0.4, -0.2) is 36.1 Å². The summed E-state index contributed by atoms with van der Waals surface area (Å²) in [7, 11) is 0. The summed E-state index contributed by atoms with van der Waals surface area (Å²) in [6.45, 7) is 8.89. The lowest BCUT2D eigenvalue weighted by molar-refractivity contribution is 0.373. The largest absolute Gasteiger partial charge is 0.356 e. The average molecular weight is 304 g/mol. The molecule has 1 aliphatic heterocycles. The Bertz CT molecular complexity index is 589. The van der Waals surface area contributed by atoms with Gasteiger partial charge < -0.3 is 10.2 Å². The predicted octanol–water partition coefficient (Wildman–Crippen LogP) is 3.22. The van der Waals surface area contributed by atoms with Crippen molar-refractivity contribution in [2.24, 2.45) is 5.92 Å². The molecule has 0 spiro atoms. The lowest BCUT2D eigenvalue weighted by atomic mass is 9.97.